The number of hydrogen-bond acceptors (Lipinski definition) is 3. The van der Waals surface area contributed by atoms with Crippen LogP contribution < -0.4 is 10.1 Å². The highest BCUT2D eigenvalue weighted by molar-refractivity contribution is 5.49. The molecule has 106 valence electrons. The van der Waals surface area contributed by atoms with Gasteiger partial charge in [-0.05, 0) is 31.2 Å². The average Bonchev–Trinajstić information content (AvgIpc) is 2.46. The fraction of sp³-hybridized carbons (Fsp3) is 0.267. The van der Waals surface area contributed by atoms with Gasteiger partial charge in [-0.1, -0.05) is 6.07 Å². The normalized spacial score (nSPS) is 11.9. The Morgan fingerprint density at radius 1 is 1.30 bits per heavy atom. The first-order chi connectivity index (χ1) is 9.69. The van der Waals surface area contributed by atoms with E-state index in [1.807, 2.05) is 19.1 Å². The topological polar surface area (TPSA) is 34.1 Å². The molecule has 0 amide bonds. The molecule has 2 rings (SSSR count). The van der Waals surface area contributed by atoms with Gasteiger partial charge >= 0.3 is 0 Å². The zero-order valence-electron chi connectivity index (χ0n) is 11.1. The molecule has 0 bridgehead atoms. The van der Waals surface area contributed by atoms with Crippen molar-refractivity contribution in [3.8, 4) is 5.75 Å². The number of aromatic nitrogens is 1. The molecule has 1 unspecified atom stereocenters. The zero-order valence-corrected chi connectivity index (χ0v) is 11.1. The number of alkyl halides is 1. The van der Waals surface area contributed by atoms with Crippen LogP contribution in [0.4, 0.5) is 14.5 Å². The van der Waals surface area contributed by atoms with Gasteiger partial charge in [-0.15, -0.1) is 0 Å². The molecular weight excluding hydrogens is 262 g/mol. The maximum absolute atomic E-state index is 12.8. The number of nitrogens with one attached hydrogen (secondary N) is 1. The predicted octanol–water partition coefficient (Wildman–Crippen LogP) is 3.74. The van der Waals surface area contributed by atoms with Crippen LogP contribution in [-0.4, -0.2) is 18.3 Å². The Labute approximate surface area is 116 Å². The minimum absolute atomic E-state index is 0.0402. The lowest BCUT2D eigenvalue weighted by Crippen LogP contribution is -2.08. The first kappa shape index (κ1) is 14.2. The van der Waals surface area contributed by atoms with Crippen molar-refractivity contribution in [1.29, 1.82) is 0 Å². The standard InChI is InChI=1S/C15H16F2N2O/c1-11(15-6-5-12(17)10-18-15)19-13-3-2-4-14(9-13)20-8-7-16/h2-6,9-11,19H,7-8H2,1H3. The average molecular weight is 278 g/mol. The molecule has 1 N–H and O–H groups in total. The van der Waals surface area contributed by atoms with E-state index in [1.165, 1.54) is 12.3 Å². The number of pyridine rings is 1. The maximum atomic E-state index is 12.8. The highest BCUT2D eigenvalue weighted by Crippen LogP contribution is 2.22. The van der Waals surface area contributed by atoms with Crippen LogP contribution in [0.5, 0.6) is 5.75 Å². The zero-order chi connectivity index (χ0) is 14.4. The highest BCUT2D eigenvalue weighted by Gasteiger charge is 2.07. The van der Waals surface area contributed by atoms with E-state index in [1.54, 1.807) is 18.2 Å². The summed E-state index contributed by atoms with van der Waals surface area (Å²) in [6.45, 7) is 1.45. The summed E-state index contributed by atoms with van der Waals surface area (Å²) in [6, 6.07) is 10.2. The quantitative estimate of drug-likeness (QED) is 0.874. The van der Waals surface area contributed by atoms with Crippen molar-refractivity contribution < 1.29 is 13.5 Å². The van der Waals surface area contributed by atoms with Crippen LogP contribution in [0.3, 0.4) is 0 Å². The molecule has 1 aromatic carbocycles. The van der Waals surface area contributed by atoms with Gasteiger partial charge in [0, 0.05) is 11.8 Å². The third-order valence-corrected chi connectivity index (χ3v) is 2.76. The molecule has 0 saturated carbocycles. The molecule has 0 fully saturated rings. The van der Waals surface area contributed by atoms with Gasteiger partial charge in [-0.25, -0.2) is 8.78 Å². The van der Waals surface area contributed by atoms with E-state index in [9.17, 15) is 8.78 Å². The molecular formula is C15H16F2N2O. The third-order valence-electron chi connectivity index (χ3n) is 2.76. The lowest BCUT2D eigenvalue weighted by atomic mass is 10.2. The van der Waals surface area contributed by atoms with Crippen molar-refractivity contribution in [3.63, 3.8) is 0 Å². The van der Waals surface area contributed by atoms with Crippen LogP contribution >= 0.6 is 0 Å². The number of benzene rings is 1. The highest BCUT2D eigenvalue weighted by atomic mass is 19.1. The lowest BCUT2D eigenvalue weighted by Gasteiger charge is -2.15. The van der Waals surface area contributed by atoms with Crippen molar-refractivity contribution in [2.45, 2.75) is 13.0 Å². The van der Waals surface area contributed by atoms with Crippen molar-refractivity contribution in [2.24, 2.45) is 0 Å². The van der Waals surface area contributed by atoms with Gasteiger partial charge < -0.3 is 10.1 Å². The number of halogens is 2. The van der Waals surface area contributed by atoms with Gasteiger partial charge in [0.05, 0.1) is 17.9 Å². The Morgan fingerprint density at radius 3 is 2.85 bits per heavy atom. The molecule has 5 heteroatoms. The second-order valence-electron chi connectivity index (χ2n) is 4.33. The van der Waals surface area contributed by atoms with Gasteiger partial charge in [0.25, 0.3) is 0 Å². The summed E-state index contributed by atoms with van der Waals surface area (Å²) >= 11 is 0. The molecule has 20 heavy (non-hydrogen) atoms. The Bertz CT molecular complexity index is 546. The smallest absolute Gasteiger partial charge is 0.141 e. The molecule has 2 aromatic rings. The summed E-state index contributed by atoms with van der Waals surface area (Å²) in [5, 5.41) is 3.24. The Morgan fingerprint density at radius 2 is 2.15 bits per heavy atom. The summed E-state index contributed by atoms with van der Waals surface area (Å²) in [4.78, 5) is 4.03. The molecule has 1 heterocycles. The summed E-state index contributed by atoms with van der Waals surface area (Å²) in [5.41, 5.74) is 1.57. The summed E-state index contributed by atoms with van der Waals surface area (Å²) in [7, 11) is 0. The fourth-order valence-electron chi connectivity index (χ4n) is 1.80. The third kappa shape index (κ3) is 3.91. The van der Waals surface area contributed by atoms with Crippen LogP contribution in [0.15, 0.2) is 42.6 Å². The van der Waals surface area contributed by atoms with Crippen molar-refractivity contribution in [1.82, 2.24) is 4.98 Å². The molecule has 0 aliphatic carbocycles. The minimum Gasteiger partial charge on any atom is -0.491 e. The molecule has 0 spiro atoms. The first-order valence-electron chi connectivity index (χ1n) is 6.36. The predicted molar refractivity (Wildman–Crippen MR) is 74.1 cm³/mol. The number of ether oxygens (including phenoxy) is 1. The molecule has 0 aliphatic heterocycles. The Balaban J connectivity index is 2.03. The van der Waals surface area contributed by atoms with Crippen LogP contribution in [0.25, 0.3) is 0 Å². The molecule has 3 nitrogen and oxygen atoms in total. The van der Waals surface area contributed by atoms with E-state index in [0.717, 1.165) is 11.4 Å². The van der Waals surface area contributed by atoms with Gasteiger partial charge in [-0.3, -0.25) is 4.98 Å². The van der Waals surface area contributed by atoms with Crippen molar-refractivity contribution >= 4 is 5.69 Å². The Kier molecular flexibility index (Phi) is 4.87. The monoisotopic (exact) mass is 278 g/mol. The van der Waals surface area contributed by atoms with Crippen molar-refractivity contribution in [2.75, 3.05) is 18.6 Å². The van der Waals surface area contributed by atoms with Gasteiger partial charge in [0.2, 0.25) is 0 Å². The van der Waals surface area contributed by atoms with E-state index in [2.05, 4.69) is 10.3 Å². The second-order valence-corrected chi connectivity index (χ2v) is 4.33. The van der Waals surface area contributed by atoms with Gasteiger partial charge in [-0.2, -0.15) is 0 Å². The van der Waals surface area contributed by atoms with E-state index in [4.69, 9.17) is 4.74 Å². The minimum atomic E-state index is -0.520. The molecule has 1 aromatic heterocycles. The van der Waals surface area contributed by atoms with E-state index in [0.29, 0.717) is 5.75 Å². The fourth-order valence-corrected chi connectivity index (χ4v) is 1.80. The van der Waals surface area contributed by atoms with E-state index < -0.39 is 6.67 Å². The van der Waals surface area contributed by atoms with E-state index >= 15 is 0 Å². The second kappa shape index (κ2) is 6.84. The lowest BCUT2D eigenvalue weighted by molar-refractivity contribution is 0.273. The van der Waals surface area contributed by atoms with E-state index in [-0.39, 0.29) is 18.5 Å². The van der Waals surface area contributed by atoms with Crippen molar-refractivity contribution in [3.05, 3.63) is 54.1 Å². The SMILES string of the molecule is CC(Nc1cccc(OCCF)c1)c1ccc(F)cn1. The largest absolute Gasteiger partial charge is 0.491 e. The Hall–Kier alpha value is -2.17. The summed E-state index contributed by atoms with van der Waals surface area (Å²) < 4.78 is 30.1. The first-order valence-corrected chi connectivity index (χ1v) is 6.36. The van der Waals surface area contributed by atoms with Crippen LogP contribution in [-0.2, 0) is 0 Å². The summed E-state index contributed by atoms with van der Waals surface area (Å²) in [5.74, 6) is 0.245. The number of rotatable bonds is 6. The van der Waals surface area contributed by atoms with Crippen LogP contribution in [0.2, 0.25) is 0 Å². The molecule has 0 radical (unpaired) electrons. The number of nitrogens with zero attached hydrogens (tertiary/aromatic N) is 1. The van der Waals surface area contributed by atoms with Crippen LogP contribution in [0.1, 0.15) is 18.7 Å². The van der Waals surface area contributed by atoms with Gasteiger partial charge in [0.1, 0.15) is 24.8 Å². The molecule has 1 atom stereocenters. The number of anilines is 1. The maximum Gasteiger partial charge on any atom is 0.141 e. The molecule has 0 saturated heterocycles. The van der Waals surface area contributed by atoms with Crippen LogP contribution in [0, 0.1) is 5.82 Å². The molecule has 0 aliphatic rings. The number of hydrogen-bond donors (Lipinski definition) is 1. The van der Waals surface area contributed by atoms with Gasteiger partial charge in [0.15, 0.2) is 0 Å². The summed E-state index contributed by atoms with van der Waals surface area (Å²) in [6.07, 6.45) is 1.19.